The van der Waals surface area contributed by atoms with Crippen molar-refractivity contribution in [2.45, 2.75) is 69.9 Å². The molecular weight excluding hydrogens is 276 g/mol. The second-order valence-corrected chi connectivity index (χ2v) is 8.84. The summed E-state index contributed by atoms with van der Waals surface area (Å²) < 4.78 is 0. The lowest BCUT2D eigenvalue weighted by Crippen LogP contribution is -2.65. The van der Waals surface area contributed by atoms with Gasteiger partial charge in [0.2, 0.25) is 0 Å². The SMILES string of the molecule is CSCCCN1CC(C)(C2CC2)NCC1C1CCCCC1. The van der Waals surface area contributed by atoms with Crippen LogP contribution in [0.5, 0.6) is 0 Å². The van der Waals surface area contributed by atoms with Gasteiger partial charge in [0.1, 0.15) is 0 Å². The van der Waals surface area contributed by atoms with E-state index in [9.17, 15) is 0 Å². The number of rotatable bonds is 6. The smallest absolute Gasteiger partial charge is 0.0309 e. The van der Waals surface area contributed by atoms with Crippen LogP contribution in [0.25, 0.3) is 0 Å². The topological polar surface area (TPSA) is 15.3 Å². The summed E-state index contributed by atoms with van der Waals surface area (Å²) >= 11 is 2.00. The second-order valence-electron chi connectivity index (χ2n) is 7.85. The molecule has 0 aromatic carbocycles. The first-order valence-electron chi connectivity index (χ1n) is 9.21. The highest BCUT2D eigenvalue weighted by Crippen LogP contribution is 2.42. The zero-order chi connectivity index (χ0) is 14.7. The van der Waals surface area contributed by atoms with E-state index in [2.05, 4.69) is 23.4 Å². The monoisotopic (exact) mass is 310 g/mol. The van der Waals surface area contributed by atoms with Crippen molar-refractivity contribution in [3.8, 4) is 0 Å². The highest BCUT2D eigenvalue weighted by molar-refractivity contribution is 7.98. The maximum absolute atomic E-state index is 3.98. The molecule has 1 aliphatic heterocycles. The van der Waals surface area contributed by atoms with Crippen molar-refractivity contribution >= 4 is 11.8 Å². The Morgan fingerprint density at radius 1 is 1.14 bits per heavy atom. The average Bonchev–Trinajstić information content (AvgIpc) is 3.34. The van der Waals surface area contributed by atoms with Crippen LogP contribution >= 0.6 is 11.8 Å². The summed E-state index contributed by atoms with van der Waals surface area (Å²) in [7, 11) is 0. The van der Waals surface area contributed by atoms with Crippen LogP contribution in [-0.4, -0.2) is 48.1 Å². The third kappa shape index (κ3) is 3.97. The molecule has 122 valence electrons. The Balaban J connectivity index is 1.62. The Kier molecular flexibility index (Phi) is 5.55. The van der Waals surface area contributed by atoms with E-state index in [1.807, 2.05) is 11.8 Å². The van der Waals surface area contributed by atoms with E-state index < -0.39 is 0 Å². The molecule has 1 N–H and O–H groups in total. The summed E-state index contributed by atoms with van der Waals surface area (Å²) in [6.45, 7) is 6.36. The van der Waals surface area contributed by atoms with Crippen LogP contribution in [-0.2, 0) is 0 Å². The Hall–Kier alpha value is 0.270. The average molecular weight is 311 g/mol. The van der Waals surface area contributed by atoms with Gasteiger partial charge in [0, 0.05) is 24.7 Å². The van der Waals surface area contributed by atoms with Crippen molar-refractivity contribution in [3.63, 3.8) is 0 Å². The van der Waals surface area contributed by atoms with E-state index in [-0.39, 0.29) is 0 Å². The van der Waals surface area contributed by atoms with Crippen LogP contribution in [0.15, 0.2) is 0 Å². The van der Waals surface area contributed by atoms with Gasteiger partial charge in [0.25, 0.3) is 0 Å². The fraction of sp³-hybridized carbons (Fsp3) is 1.00. The number of nitrogens with zero attached hydrogens (tertiary/aromatic N) is 1. The van der Waals surface area contributed by atoms with Crippen molar-refractivity contribution in [2.75, 3.05) is 31.6 Å². The van der Waals surface area contributed by atoms with Crippen LogP contribution < -0.4 is 5.32 Å². The number of piperazine rings is 1. The van der Waals surface area contributed by atoms with Gasteiger partial charge in [-0.15, -0.1) is 0 Å². The molecule has 0 bridgehead atoms. The quantitative estimate of drug-likeness (QED) is 0.752. The van der Waals surface area contributed by atoms with Gasteiger partial charge in [-0.05, 0) is 69.4 Å². The van der Waals surface area contributed by atoms with Gasteiger partial charge >= 0.3 is 0 Å². The lowest BCUT2D eigenvalue weighted by Gasteiger charge is -2.50. The van der Waals surface area contributed by atoms with Crippen LogP contribution in [0.3, 0.4) is 0 Å². The molecule has 3 heteroatoms. The zero-order valence-corrected chi connectivity index (χ0v) is 14.9. The van der Waals surface area contributed by atoms with E-state index in [0.29, 0.717) is 5.54 Å². The van der Waals surface area contributed by atoms with E-state index in [1.54, 1.807) is 0 Å². The Morgan fingerprint density at radius 3 is 2.57 bits per heavy atom. The first-order valence-corrected chi connectivity index (χ1v) is 10.6. The highest BCUT2D eigenvalue weighted by atomic mass is 32.2. The molecule has 1 saturated heterocycles. The van der Waals surface area contributed by atoms with Gasteiger partial charge in [-0.25, -0.2) is 0 Å². The molecule has 3 fully saturated rings. The fourth-order valence-corrected chi connectivity index (χ4v) is 5.11. The second kappa shape index (κ2) is 7.23. The molecule has 21 heavy (non-hydrogen) atoms. The molecule has 2 nitrogen and oxygen atoms in total. The van der Waals surface area contributed by atoms with Gasteiger partial charge in [-0.3, -0.25) is 4.90 Å². The first-order chi connectivity index (χ1) is 10.2. The normalized spacial score (nSPS) is 36.0. The molecule has 0 aromatic heterocycles. The standard InChI is InChI=1S/C18H34N2S/c1-18(16-9-10-16)14-20(11-6-12-21-2)17(13-19-18)15-7-4-3-5-8-15/h15-17,19H,3-14H2,1-2H3. The molecule has 2 saturated carbocycles. The molecule has 1 heterocycles. The fourth-order valence-electron chi connectivity index (χ4n) is 4.70. The molecule has 2 atom stereocenters. The Morgan fingerprint density at radius 2 is 1.90 bits per heavy atom. The van der Waals surface area contributed by atoms with Crippen molar-refractivity contribution in [2.24, 2.45) is 11.8 Å². The largest absolute Gasteiger partial charge is 0.308 e. The van der Waals surface area contributed by atoms with E-state index in [1.165, 1.54) is 76.8 Å². The van der Waals surface area contributed by atoms with Crippen LogP contribution in [0.4, 0.5) is 0 Å². The van der Waals surface area contributed by atoms with Crippen molar-refractivity contribution in [1.82, 2.24) is 10.2 Å². The molecule has 0 amide bonds. The predicted molar refractivity (Wildman–Crippen MR) is 94.1 cm³/mol. The molecule has 0 spiro atoms. The molecule has 3 rings (SSSR count). The first kappa shape index (κ1) is 16.1. The summed E-state index contributed by atoms with van der Waals surface area (Å²) in [5.41, 5.74) is 0.407. The van der Waals surface area contributed by atoms with Crippen LogP contribution in [0.2, 0.25) is 0 Å². The lowest BCUT2D eigenvalue weighted by molar-refractivity contribution is 0.0344. The number of hydrogen-bond donors (Lipinski definition) is 1. The number of nitrogens with one attached hydrogen (secondary N) is 1. The Labute approximate surface area is 135 Å². The van der Waals surface area contributed by atoms with E-state index in [4.69, 9.17) is 0 Å². The summed E-state index contributed by atoms with van der Waals surface area (Å²) in [4.78, 5) is 2.89. The van der Waals surface area contributed by atoms with Crippen LogP contribution in [0, 0.1) is 11.8 Å². The number of hydrogen-bond acceptors (Lipinski definition) is 3. The maximum atomic E-state index is 3.98. The molecule has 0 aromatic rings. The lowest BCUT2D eigenvalue weighted by atomic mass is 9.80. The summed E-state index contributed by atoms with van der Waals surface area (Å²) in [5, 5.41) is 3.98. The molecule has 2 aliphatic carbocycles. The minimum atomic E-state index is 0.407. The number of thioether (sulfide) groups is 1. The third-order valence-electron chi connectivity index (χ3n) is 6.18. The summed E-state index contributed by atoms with van der Waals surface area (Å²) in [6, 6.07) is 0.819. The zero-order valence-electron chi connectivity index (χ0n) is 14.1. The Bertz CT molecular complexity index is 325. The summed E-state index contributed by atoms with van der Waals surface area (Å²) in [6.07, 6.45) is 13.9. The molecular formula is C18H34N2S. The predicted octanol–water partition coefficient (Wildman–Crippen LogP) is 3.76. The maximum Gasteiger partial charge on any atom is 0.0309 e. The minimum Gasteiger partial charge on any atom is -0.308 e. The van der Waals surface area contributed by atoms with Crippen molar-refractivity contribution < 1.29 is 0 Å². The van der Waals surface area contributed by atoms with Gasteiger partial charge < -0.3 is 5.32 Å². The van der Waals surface area contributed by atoms with Gasteiger partial charge in [0.15, 0.2) is 0 Å². The van der Waals surface area contributed by atoms with E-state index >= 15 is 0 Å². The summed E-state index contributed by atoms with van der Waals surface area (Å²) in [5.74, 6) is 3.23. The third-order valence-corrected chi connectivity index (χ3v) is 6.88. The van der Waals surface area contributed by atoms with Gasteiger partial charge in [-0.2, -0.15) is 11.8 Å². The van der Waals surface area contributed by atoms with Gasteiger partial charge in [-0.1, -0.05) is 19.3 Å². The van der Waals surface area contributed by atoms with Crippen molar-refractivity contribution in [3.05, 3.63) is 0 Å². The highest BCUT2D eigenvalue weighted by Gasteiger charge is 2.47. The van der Waals surface area contributed by atoms with Crippen LogP contribution in [0.1, 0.15) is 58.3 Å². The minimum absolute atomic E-state index is 0.407. The van der Waals surface area contributed by atoms with Crippen molar-refractivity contribution in [1.29, 1.82) is 0 Å². The van der Waals surface area contributed by atoms with Gasteiger partial charge in [0.05, 0.1) is 0 Å². The molecule has 2 unspecified atom stereocenters. The molecule has 3 aliphatic rings. The van der Waals surface area contributed by atoms with E-state index in [0.717, 1.165) is 17.9 Å². The molecule has 0 radical (unpaired) electrons.